The number of anilines is 2. The first-order valence-corrected chi connectivity index (χ1v) is 5.74. The molecule has 104 valence electrons. The Morgan fingerprint density at radius 3 is 2.60 bits per heavy atom. The van der Waals surface area contributed by atoms with Crippen molar-refractivity contribution in [3.8, 4) is 5.75 Å². The van der Waals surface area contributed by atoms with Crippen molar-refractivity contribution in [1.29, 1.82) is 0 Å². The van der Waals surface area contributed by atoms with Gasteiger partial charge in [0, 0.05) is 0 Å². The first-order chi connectivity index (χ1) is 9.40. The first kappa shape index (κ1) is 13.8. The van der Waals surface area contributed by atoms with Gasteiger partial charge < -0.3 is 16.2 Å². The average molecular weight is 278 g/mol. The van der Waals surface area contributed by atoms with Crippen molar-refractivity contribution in [2.24, 2.45) is 0 Å². The Kier molecular flexibility index (Phi) is 3.56. The lowest BCUT2D eigenvalue weighted by molar-refractivity contribution is 0.102. The van der Waals surface area contributed by atoms with Gasteiger partial charge in [0.2, 0.25) is 0 Å². The van der Waals surface area contributed by atoms with E-state index in [0.29, 0.717) is 0 Å². The molecule has 20 heavy (non-hydrogen) atoms. The molecular formula is C14H12F2N2O2. The maximum Gasteiger partial charge on any atom is 0.259 e. The number of halogens is 2. The van der Waals surface area contributed by atoms with Crippen molar-refractivity contribution in [3.63, 3.8) is 0 Å². The van der Waals surface area contributed by atoms with E-state index in [1.807, 2.05) is 0 Å². The van der Waals surface area contributed by atoms with Gasteiger partial charge in [-0.2, -0.15) is 0 Å². The molecule has 2 rings (SSSR count). The van der Waals surface area contributed by atoms with E-state index in [9.17, 15) is 18.7 Å². The summed E-state index contributed by atoms with van der Waals surface area (Å²) in [5, 5.41) is 11.8. The predicted octanol–water partition coefficient (Wildman–Crippen LogP) is 2.81. The number of nitrogen functional groups attached to an aromatic ring is 1. The molecule has 0 heterocycles. The fourth-order valence-corrected chi connectivity index (χ4v) is 1.71. The maximum atomic E-state index is 13.6. The van der Waals surface area contributed by atoms with Gasteiger partial charge in [0.05, 0.1) is 11.3 Å². The van der Waals surface area contributed by atoms with Crippen LogP contribution in [0.1, 0.15) is 15.9 Å². The Labute approximate surface area is 113 Å². The van der Waals surface area contributed by atoms with Crippen molar-refractivity contribution < 1.29 is 18.7 Å². The van der Waals surface area contributed by atoms with Gasteiger partial charge in [-0.3, -0.25) is 4.79 Å². The van der Waals surface area contributed by atoms with E-state index in [0.717, 1.165) is 17.7 Å². The molecule has 0 unspecified atom stereocenters. The molecule has 0 aromatic heterocycles. The lowest BCUT2D eigenvalue weighted by Crippen LogP contribution is -2.15. The second-order valence-electron chi connectivity index (χ2n) is 4.30. The number of nitrogens with one attached hydrogen (secondary N) is 1. The molecule has 1 amide bonds. The minimum Gasteiger partial charge on any atom is -0.507 e. The Morgan fingerprint density at radius 2 is 1.95 bits per heavy atom. The summed E-state index contributed by atoms with van der Waals surface area (Å²) >= 11 is 0. The van der Waals surface area contributed by atoms with E-state index < -0.39 is 23.2 Å². The van der Waals surface area contributed by atoms with Gasteiger partial charge in [-0.05, 0) is 36.8 Å². The van der Waals surface area contributed by atoms with Crippen LogP contribution < -0.4 is 11.1 Å². The molecule has 0 atom stereocenters. The number of amides is 1. The molecule has 4 nitrogen and oxygen atoms in total. The van der Waals surface area contributed by atoms with Crippen molar-refractivity contribution in [1.82, 2.24) is 0 Å². The summed E-state index contributed by atoms with van der Waals surface area (Å²) in [6.07, 6.45) is 0. The van der Waals surface area contributed by atoms with E-state index in [1.165, 1.54) is 12.1 Å². The fourth-order valence-electron chi connectivity index (χ4n) is 1.71. The summed E-state index contributed by atoms with van der Waals surface area (Å²) in [4.78, 5) is 11.9. The highest BCUT2D eigenvalue weighted by Gasteiger charge is 2.17. The van der Waals surface area contributed by atoms with Gasteiger partial charge in [0.15, 0.2) is 11.6 Å². The van der Waals surface area contributed by atoms with Crippen molar-refractivity contribution in [3.05, 3.63) is 53.1 Å². The molecule has 0 fully saturated rings. The fraction of sp³-hybridized carbons (Fsp3) is 0.0714. The SMILES string of the molecule is Cc1ccc(C(=O)Nc2c(N)ccc(F)c2F)c(O)c1. The number of hydrogen-bond acceptors (Lipinski definition) is 3. The second kappa shape index (κ2) is 5.16. The number of hydrogen-bond donors (Lipinski definition) is 3. The predicted molar refractivity (Wildman–Crippen MR) is 71.6 cm³/mol. The van der Waals surface area contributed by atoms with E-state index in [4.69, 9.17) is 5.73 Å². The topological polar surface area (TPSA) is 75.4 Å². The minimum absolute atomic E-state index is 0.0568. The van der Waals surface area contributed by atoms with Gasteiger partial charge in [-0.25, -0.2) is 8.78 Å². The van der Waals surface area contributed by atoms with Gasteiger partial charge in [-0.15, -0.1) is 0 Å². The summed E-state index contributed by atoms with van der Waals surface area (Å²) in [5.41, 5.74) is 5.64. The second-order valence-corrected chi connectivity index (χ2v) is 4.30. The molecule has 0 spiro atoms. The van der Waals surface area contributed by atoms with Crippen molar-refractivity contribution in [2.45, 2.75) is 6.92 Å². The highest BCUT2D eigenvalue weighted by molar-refractivity contribution is 6.07. The Morgan fingerprint density at radius 1 is 1.25 bits per heavy atom. The maximum absolute atomic E-state index is 13.6. The third-order valence-electron chi connectivity index (χ3n) is 2.76. The van der Waals surface area contributed by atoms with Crippen LogP contribution in [-0.2, 0) is 0 Å². The number of carbonyl (C=O) groups excluding carboxylic acids is 1. The van der Waals surface area contributed by atoms with Crippen LogP contribution in [0.2, 0.25) is 0 Å². The standard InChI is InChI=1S/C14H12F2N2O2/c1-7-2-3-8(11(19)6-7)14(20)18-13-10(17)5-4-9(15)12(13)16/h2-6,19H,17H2,1H3,(H,18,20). The Balaban J connectivity index is 2.35. The van der Waals surface area contributed by atoms with Gasteiger partial charge >= 0.3 is 0 Å². The molecular weight excluding hydrogens is 266 g/mol. The normalized spacial score (nSPS) is 10.3. The third kappa shape index (κ3) is 2.54. The summed E-state index contributed by atoms with van der Waals surface area (Å²) in [5.74, 6) is -3.40. The van der Waals surface area contributed by atoms with Crippen LogP contribution in [0, 0.1) is 18.6 Å². The van der Waals surface area contributed by atoms with Crippen LogP contribution >= 0.6 is 0 Å². The van der Waals surface area contributed by atoms with Crippen molar-refractivity contribution >= 4 is 17.3 Å². The molecule has 0 bridgehead atoms. The number of phenolic OH excluding ortho intramolecular Hbond substituents is 1. The summed E-state index contributed by atoms with van der Waals surface area (Å²) in [6.45, 7) is 1.74. The monoisotopic (exact) mass is 278 g/mol. The molecule has 0 saturated carbocycles. The van der Waals surface area contributed by atoms with Crippen LogP contribution in [-0.4, -0.2) is 11.0 Å². The lowest BCUT2D eigenvalue weighted by Gasteiger charge is -2.11. The summed E-state index contributed by atoms with van der Waals surface area (Å²) in [7, 11) is 0. The highest BCUT2D eigenvalue weighted by atomic mass is 19.2. The summed E-state index contributed by atoms with van der Waals surface area (Å²) < 4.78 is 26.7. The van der Waals surface area contributed by atoms with Crippen LogP contribution in [0.15, 0.2) is 30.3 Å². The minimum atomic E-state index is -1.25. The van der Waals surface area contributed by atoms with Crippen LogP contribution in [0.25, 0.3) is 0 Å². The third-order valence-corrected chi connectivity index (χ3v) is 2.76. The molecule has 4 N–H and O–H groups in total. The first-order valence-electron chi connectivity index (χ1n) is 5.74. The number of aryl methyl sites for hydroxylation is 1. The van der Waals surface area contributed by atoms with E-state index >= 15 is 0 Å². The number of carbonyl (C=O) groups is 1. The zero-order chi connectivity index (χ0) is 14.9. The van der Waals surface area contributed by atoms with Crippen LogP contribution in [0.3, 0.4) is 0 Å². The largest absolute Gasteiger partial charge is 0.507 e. The molecule has 0 aliphatic carbocycles. The number of nitrogens with two attached hydrogens (primary N) is 1. The van der Waals surface area contributed by atoms with Crippen LogP contribution in [0.5, 0.6) is 5.75 Å². The zero-order valence-corrected chi connectivity index (χ0v) is 10.6. The molecule has 0 aliphatic rings. The zero-order valence-electron chi connectivity index (χ0n) is 10.6. The molecule has 6 heteroatoms. The van der Waals surface area contributed by atoms with Crippen LogP contribution in [0.4, 0.5) is 20.2 Å². The van der Waals surface area contributed by atoms with Gasteiger partial charge in [0.25, 0.3) is 5.91 Å². The number of benzene rings is 2. The van der Waals surface area contributed by atoms with Crippen molar-refractivity contribution in [2.75, 3.05) is 11.1 Å². The number of aromatic hydroxyl groups is 1. The quantitative estimate of drug-likeness (QED) is 0.739. The molecule has 0 saturated heterocycles. The molecule has 0 radical (unpaired) electrons. The van der Waals surface area contributed by atoms with E-state index in [2.05, 4.69) is 5.32 Å². The molecule has 2 aromatic rings. The van der Waals surface area contributed by atoms with E-state index in [-0.39, 0.29) is 17.0 Å². The lowest BCUT2D eigenvalue weighted by atomic mass is 10.1. The van der Waals surface area contributed by atoms with Gasteiger partial charge in [0.1, 0.15) is 11.4 Å². The molecule has 2 aromatic carbocycles. The summed E-state index contributed by atoms with van der Waals surface area (Å²) in [6, 6.07) is 6.39. The number of rotatable bonds is 2. The Bertz CT molecular complexity index is 687. The highest BCUT2D eigenvalue weighted by Crippen LogP contribution is 2.26. The average Bonchev–Trinajstić information content (AvgIpc) is 2.39. The Hall–Kier alpha value is -2.63. The molecule has 0 aliphatic heterocycles. The smallest absolute Gasteiger partial charge is 0.259 e. The number of phenols is 1. The van der Waals surface area contributed by atoms with Gasteiger partial charge in [-0.1, -0.05) is 6.07 Å². The van der Waals surface area contributed by atoms with E-state index in [1.54, 1.807) is 13.0 Å².